The van der Waals surface area contributed by atoms with E-state index in [1.54, 1.807) is 18.9 Å². The molecular formula is C26H30N6O3. The van der Waals surface area contributed by atoms with Gasteiger partial charge in [-0.2, -0.15) is 0 Å². The monoisotopic (exact) mass is 474 g/mol. The molecule has 182 valence electrons. The van der Waals surface area contributed by atoms with E-state index in [0.29, 0.717) is 23.9 Å². The highest BCUT2D eigenvalue weighted by Gasteiger charge is 2.32. The number of ether oxygens (including phenoxy) is 2. The van der Waals surface area contributed by atoms with Crippen LogP contribution in [-0.4, -0.2) is 57.4 Å². The number of nitrogens with one attached hydrogen (secondary N) is 1. The molecule has 0 amide bonds. The number of hydrogen-bond donors (Lipinski definition) is 1. The van der Waals surface area contributed by atoms with Gasteiger partial charge in [0.05, 0.1) is 20.8 Å². The normalized spacial score (nSPS) is 17.4. The number of rotatable bonds is 7. The molecule has 1 aliphatic rings. The van der Waals surface area contributed by atoms with E-state index in [1.807, 2.05) is 48.5 Å². The van der Waals surface area contributed by atoms with Crippen LogP contribution in [0.4, 0.5) is 0 Å². The van der Waals surface area contributed by atoms with Crippen molar-refractivity contribution in [2.24, 2.45) is 5.92 Å². The standard InChI is InChI=1S/C26H30N6O3/c1-17-5-4-12-31(15-17)24(22-14-19-13-21(35-3)10-11-23(19)27-26(22)33)25-28-29-30-32(25)16-18-6-8-20(34-2)9-7-18/h6-11,13-14,17,24H,4-5,12,15-16H2,1-3H3,(H,27,33)/t17-,24-/m0/s1. The van der Waals surface area contributed by atoms with E-state index in [2.05, 4.69) is 32.3 Å². The third-order valence-electron chi connectivity index (χ3n) is 6.72. The fourth-order valence-electron chi connectivity index (χ4n) is 4.91. The summed E-state index contributed by atoms with van der Waals surface area (Å²) >= 11 is 0. The minimum Gasteiger partial charge on any atom is -0.497 e. The van der Waals surface area contributed by atoms with E-state index in [0.717, 1.165) is 47.5 Å². The van der Waals surface area contributed by atoms with Gasteiger partial charge in [-0.1, -0.05) is 19.1 Å². The fraction of sp³-hybridized carbons (Fsp3) is 0.385. The van der Waals surface area contributed by atoms with Crippen LogP contribution >= 0.6 is 0 Å². The first kappa shape index (κ1) is 23.0. The van der Waals surface area contributed by atoms with Gasteiger partial charge >= 0.3 is 0 Å². The molecule has 2 aromatic carbocycles. The number of hydrogen-bond acceptors (Lipinski definition) is 7. The summed E-state index contributed by atoms with van der Waals surface area (Å²) in [6, 6.07) is 15.1. The van der Waals surface area contributed by atoms with Gasteiger partial charge in [-0.05, 0) is 77.7 Å². The van der Waals surface area contributed by atoms with Gasteiger partial charge in [-0.15, -0.1) is 5.10 Å². The predicted octanol–water partition coefficient (Wildman–Crippen LogP) is 3.40. The predicted molar refractivity (Wildman–Crippen MR) is 133 cm³/mol. The fourth-order valence-corrected chi connectivity index (χ4v) is 4.91. The van der Waals surface area contributed by atoms with Crippen LogP contribution in [0.15, 0.2) is 53.3 Å². The number of H-pyrrole nitrogens is 1. The number of fused-ring (bicyclic) bond motifs is 1. The van der Waals surface area contributed by atoms with Crippen LogP contribution in [0.3, 0.4) is 0 Å². The second-order valence-electron chi connectivity index (χ2n) is 9.19. The number of aromatic nitrogens is 5. The summed E-state index contributed by atoms with van der Waals surface area (Å²) in [4.78, 5) is 18.8. The summed E-state index contributed by atoms with van der Waals surface area (Å²) in [5, 5.41) is 13.7. The SMILES string of the molecule is COc1ccc(Cn2nnnc2[C@H](c2cc3cc(OC)ccc3[nH]c2=O)N2CCC[C@H](C)C2)cc1. The van der Waals surface area contributed by atoms with Gasteiger partial charge < -0.3 is 14.5 Å². The molecule has 0 saturated carbocycles. The molecule has 5 rings (SSSR count). The topological polar surface area (TPSA) is 98.2 Å². The molecule has 1 N–H and O–H groups in total. The van der Waals surface area contributed by atoms with Gasteiger partial charge in [0, 0.05) is 23.0 Å². The number of aromatic amines is 1. The van der Waals surface area contributed by atoms with E-state index < -0.39 is 0 Å². The zero-order valence-corrected chi connectivity index (χ0v) is 20.3. The highest BCUT2D eigenvalue weighted by atomic mass is 16.5. The summed E-state index contributed by atoms with van der Waals surface area (Å²) in [6.07, 6.45) is 2.24. The van der Waals surface area contributed by atoms with Gasteiger partial charge in [-0.25, -0.2) is 4.68 Å². The van der Waals surface area contributed by atoms with Crippen molar-refractivity contribution in [3.63, 3.8) is 0 Å². The van der Waals surface area contributed by atoms with Gasteiger partial charge in [-0.3, -0.25) is 9.69 Å². The summed E-state index contributed by atoms with van der Waals surface area (Å²) in [6.45, 7) is 4.49. The number of benzene rings is 2. The maximum absolute atomic E-state index is 13.4. The molecule has 4 aromatic rings. The van der Waals surface area contributed by atoms with Crippen LogP contribution in [0, 0.1) is 5.92 Å². The lowest BCUT2D eigenvalue weighted by atomic mass is 9.95. The molecule has 1 fully saturated rings. The van der Waals surface area contributed by atoms with E-state index in [4.69, 9.17) is 9.47 Å². The van der Waals surface area contributed by atoms with E-state index in [1.165, 1.54) is 6.42 Å². The summed E-state index contributed by atoms with van der Waals surface area (Å²) in [7, 11) is 3.29. The number of methoxy groups -OCH3 is 2. The number of tetrazole rings is 1. The number of nitrogens with zero attached hydrogens (tertiary/aromatic N) is 5. The Hall–Kier alpha value is -3.72. The second kappa shape index (κ2) is 9.87. The average Bonchev–Trinajstić information content (AvgIpc) is 3.32. The number of pyridine rings is 1. The van der Waals surface area contributed by atoms with Crippen LogP contribution < -0.4 is 15.0 Å². The minimum atomic E-state index is -0.370. The van der Waals surface area contributed by atoms with Gasteiger partial charge in [0.25, 0.3) is 5.56 Å². The van der Waals surface area contributed by atoms with Crippen molar-refractivity contribution in [2.45, 2.75) is 32.4 Å². The average molecular weight is 475 g/mol. The quantitative estimate of drug-likeness (QED) is 0.438. The molecule has 1 aliphatic heterocycles. The van der Waals surface area contributed by atoms with Gasteiger partial charge in [0.1, 0.15) is 17.5 Å². The van der Waals surface area contributed by atoms with Crippen molar-refractivity contribution >= 4 is 10.9 Å². The van der Waals surface area contributed by atoms with Crippen molar-refractivity contribution in [1.82, 2.24) is 30.1 Å². The molecule has 0 unspecified atom stereocenters. The van der Waals surface area contributed by atoms with Gasteiger partial charge in [0.15, 0.2) is 5.82 Å². The third-order valence-corrected chi connectivity index (χ3v) is 6.72. The lowest BCUT2D eigenvalue weighted by Gasteiger charge is -2.36. The maximum Gasteiger partial charge on any atom is 0.253 e. The minimum absolute atomic E-state index is 0.134. The van der Waals surface area contributed by atoms with Crippen molar-refractivity contribution < 1.29 is 9.47 Å². The zero-order chi connectivity index (χ0) is 24.4. The molecule has 2 aromatic heterocycles. The Morgan fingerprint density at radius 2 is 1.86 bits per heavy atom. The Kier molecular flexibility index (Phi) is 6.50. The van der Waals surface area contributed by atoms with Crippen molar-refractivity contribution in [3.8, 4) is 11.5 Å². The molecular weight excluding hydrogens is 444 g/mol. The van der Waals surface area contributed by atoms with Crippen LogP contribution in [-0.2, 0) is 6.54 Å². The molecule has 0 aliphatic carbocycles. The summed E-state index contributed by atoms with van der Waals surface area (Å²) in [5.74, 6) is 2.71. The first-order chi connectivity index (χ1) is 17.1. The van der Waals surface area contributed by atoms with Crippen LogP contribution in [0.2, 0.25) is 0 Å². The summed E-state index contributed by atoms with van der Waals surface area (Å²) < 4.78 is 12.5. The molecule has 1 saturated heterocycles. The smallest absolute Gasteiger partial charge is 0.253 e. The van der Waals surface area contributed by atoms with Crippen LogP contribution in [0.5, 0.6) is 11.5 Å². The van der Waals surface area contributed by atoms with E-state index in [-0.39, 0.29) is 11.6 Å². The maximum atomic E-state index is 13.4. The van der Waals surface area contributed by atoms with E-state index >= 15 is 0 Å². The highest BCUT2D eigenvalue weighted by molar-refractivity contribution is 5.80. The molecule has 2 atom stereocenters. The third kappa shape index (κ3) is 4.77. The second-order valence-corrected chi connectivity index (χ2v) is 9.19. The molecule has 35 heavy (non-hydrogen) atoms. The van der Waals surface area contributed by atoms with Crippen molar-refractivity contribution in [2.75, 3.05) is 27.3 Å². The Labute approximate surface area is 203 Å². The zero-order valence-electron chi connectivity index (χ0n) is 20.3. The lowest BCUT2D eigenvalue weighted by Crippen LogP contribution is -2.41. The number of piperidine rings is 1. The molecule has 0 bridgehead atoms. The first-order valence-electron chi connectivity index (χ1n) is 11.9. The van der Waals surface area contributed by atoms with Crippen molar-refractivity contribution in [3.05, 3.63) is 75.8 Å². The lowest BCUT2D eigenvalue weighted by molar-refractivity contribution is 0.141. The van der Waals surface area contributed by atoms with Gasteiger partial charge in [0.2, 0.25) is 0 Å². The Balaban J connectivity index is 1.59. The van der Waals surface area contributed by atoms with Crippen molar-refractivity contribution in [1.29, 1.82) is 0 Å². The Bertz CT molecular complexity index is 1360. The molecule has 9 heteroatoms. The Morgan fingerprint density at radius 3 is 2.60 bits per heavy atom. The molecule has 3 heterocycles. The molecule has 0 spiro atoms. The first-order valence-corrected chi connectivity index (χ1v) is 11.9. The number of likely N-dealkylation sites (tertiary alicyclic amines) is 1. The highest BCUT2D eigenvalue weighted by Crippen LogP contribution is 2.31. The largest absolute Gasteiger partial charge is 0.497 e. The van der Waals surface area contributed by atoms with E-state index in [9.17, 15) is 4.79 Å². The Morgan fingerprint density at radius 1 is 1.09 bits per heavy atom. The van der Waals surface area contributed by atoms with Crippen LogP contribution in [0.1, 0.15) is 42.8 Å². The molecule has 9 nitrogen and oxygen atoms in total. The van der Waals surface area contributed by atoms with Crippen LogP contribution in [0.25, 0.3) is 10.9 Å². The molecule has 0 radical (unpaired) electrons. The summed E-state index contributed by atoms with van der Waals surface area (Å²) in [5.41, 5.74) is 2.31.